The minimum atomic E-state index is -0.181. The first-order valence-electron chi connectivity index (χ1n) is 4.69. The van der Waals surface area contributed by atoms with Crippen molar-refractivity contribution in [2.75, 3.05) is 6.54 Å². The zero-order chi connectivity index (χ0) is 10.6. The number of rotatable bonds is 4. The summed E-state index contributed by atoms with van der Waals surface area (Å²) >= 11 is 5.92. The number of hydrogen-bond acceptors (Lipinski definition) is 5. The van der Waals surface area contributed by atoms with Gasteiger partial charge in [-0.3, -0.25) is 5.32 Å². The zero-order valence-corrected chi connectivity index (χ0v) is 9.41. The maximum Gasteiger partial charge on any atom is 0.217 e. The Morgan fingerprint density at radius 3 is 2.93 bits per heavy atom. The van der Waals surface area contributed by atoms with E-state index in [-0.39, 0.29) is 6.29 Å². The lowest BCUT2D eigenvalue weighted by Gasteiger charge is -2.32. The number of hydrazine groups is 1. The second-order valence-electron chi connectivity index (χ2n) is 3.24. The smallest absolute Gasteiger partial charge is 0.217 e. The van der Waals surface area contributed by atoms with Gasteiger partial charge in [0.1, 0.15) is 6.34 Å². The minimum absolute atomic E-state index is 0.181. The third-order valence-corrected chi connectivity index (χ3v) is 1.91. The number of halogens is 1. The second kappa shape index (κ2) is 5.29. The van der Waals surface area contributed by atoms with E-state index in [1.165, 1.54) is 6.34 Å². The first-order chi connectivity index (χ1) is 6.65. The molecule has 0 spiro atoms. The molecule has 1 aliphatic rings. The van der Waals surface area contributed by atoms with Gasteiger partial charge < -0.3 is 0 Å². The first-order valence-corrected chi connectivity index (χ1v) is 5.06. The summed E-state index contributed by atoms with van der Waals surface area (Å²) in [6, 6.07) is 0.334. The van der Waals surface area contributed by atoms with Crippen molar-refractivity contribution in [3.05, 3.63) is 0 Å². The molecule has 2 N–H and O–H groups in total. The van der Waals surface area contributed by atoms with Crippen molar-refractivity contribution >= 4 is 23.2 Å². The highest BCUT2D eigenvalue weighted by atomic mass is 35.5. The normalized spacial score (nSPS) is 21.6. The molecular formula is C8H16ClN5. The largest absolute Gasteiger partial charge is 0.275 e. The third kappa shape index (κ3) is 2.94. The Kier molecular flexibility index (Phi) is 4.31. The maximum atomic E-state index is 5.92. The highest BCUT2D eigenvalue weighted by molar-refractivity contribution is 6.65. The van der Waals surface area contributed by atoms with Crippen molar-refractivity contribution in [3.63, 3.8) is 0 Å². The lowest BCUT2D eigenvalue weighted by molar-refractivity contribution is 0.195. The minimum Gasteiger partial charge on any atom is -0.275 e. The lowest BCUT2D eigenvalue weighted by Crippen LogP contribution is -2.56. The average molecular weight is 218 g/mol. The highest BCUT2D eigenvalue weighted by Crippen LogP contribution is 2.05. The molecule has 0 aromatic rings. The molecule has 1 heterocycles. The van der Waals surface area contributed by atoms with Crippen LogP contribution in [0, 0.1) is 0 Å². The molecule has 1 atom stereocenters. The van der Waals surface area contributed by atoms with Gasteiger partial charge in [0.2, 0.25) is 5.29 Å². The van der Waals surface area contributed by atoms with E-state index in [0.29, 0.717) is 11.3 Å². The third-order valence-electron chi connectivity index (χ3n) is 1.63. The van der Waals surface area contributed by atoms with E-state index >= 15 is 0 Å². The fourth-order valence-corrected chi connectivity index (χ4v) is 1.31. The van der Waals surface area contributed by atoms with Crippen LogP contribution in [0.3, 0.4) is 0 Å². The lowest BCUT2D eigenvalue weighted by atomic mass is 10.4. The first kappa shape index (κ1) is 11.4. The van der Waals surface area contributed by atoms with E-state index in [1.54, 1.807) is 5.01 Å². The van der Waals surface area contributed by atoms with Gasteiger partial charge in [-0.15, -0.1) is 0 Å². The molecule has 1 aliphatic heterocycles. The van der Waals surface area contributed by atoms with E-state index < -0.39 is 0 Å². The second-order valence-corrected chi connectivity index (χ2v) is 3.58. The molecule has 0 fully saturated rings. The van der Waals surface area contributed by atoms with Gasteiger partial charge in [0, 0.05) is 12.6 Å². The van der Waals surface area contributed by atoms with Crippen molar-refractivity contribution in [1.82, 2.24) is 15.8 Å². The van der Waals surface area contributed by atoms with Crippen molar-refractivity contribution in [2.24, 2.45) is 9.98 Å². The number of amidine groups is 1. The zero-order valence-electron chi connectivity index (χ0n) is 8.66. The summed E-state index contributed by atoms with van der Waals surface area (Å²) in [6.45, 7) is 6.88. The van der Waals surface area contributed by atoms with Crippen LogP contribution in [0.15, 0.2) is 9.98 Å². The topological polar surface area (TPSA) is 52.0 Å². The van der Waals surface area contributed by atoms with E-state index in [9.17, 15) is 0 Å². The molecule has 0 aliphatic carbocycles. The molecule has 0 saturated heterocycles. The molecular weight excluding hydrogens is 202 g/mol. The Morgan fingerprint density at radius 2 is 2.36 bits per heavy atom. The average Bonchev–Trinajstić information content (AvgIpc) is 2.10. The Balaban J connectivity index is 2.63. The summed E-state index contributed by atoms with van der Waals surface area (Å²) in [6.07, 6.45) is 1.29. The van der Waals surface area contributed by atoms with Gasteiger partial charge in [0.05, 0.1) is 0 Å². The molecule has 1 rings (SSSR count). The number of nitrogens with zero attached hydrogens (tertiary/aromatic N) is 3. The Hall–Kier alpha value is -0.650. The molecule has 1 unspecified atom stereocenters. The van der Waals surface area contributed by atoms with Crippen LogP contribution >= 0.6 is 11.6 Å². The summed E-state index contributed by atoms with van der Waals surface area (Å²) < 4.78 is 0. The molecule has 80 valence electrons. The Labute approximate surface area is 89.2 Å². The molecule has 6 heteroatoms. The molecule has 0 radical (unpaired) electrons. The standard InChI is InChI=1S/C8H16ClN5/c1-4-12-14-7(9)10-5-11-8(14)13-6(2)3/h5-6,8,12-13H,4H2,1-3H3. The van der Waals surface area contributed by atoms with Gasteiger partial charge in [-0.25, -0.2) is 20.4 Å². The maximum absolute atomic E-state index is 5.92. The van der Waals surface area contributed by atoms with Crippen LogP contribution in [-0.2, 0) is 0 Å². The molecule has 0 aromatic carbocycles. The van der Waals surface area contributed by atoms with E-state index in [4.69, 9.17) is 11.6 Å². The molecule has 5 nitrogen and oxygen atoms in total. The van der Waals surface area contributed by atoms with Crippen molar-refractivity contribution in [1.29, 1.82) is 0 Å². The van der Waals surface area contributed by atoms with Crippen molar-refractivity contribution < 1.29 is 0 Å². The molecule has 14 heavy (non-hydrogen) atoms. The van der Waals surface area contributed by atoms with E-state index in [0.717, 1.165) is 6.54 Å². The van der Waals surface area contributed by atoms with Gasteiger partial charge >= 0.3 is 0 Å². The summed E-state index contributed by atoms with van der Waals surface area (Å²) in [5.74, 6) is 0. The Bertz CT molecular complexity index is 238. The fourth-order valence-electron chi connectivity index (χ4n) is 1.11. The van der Waals surface area contributed by atoms with Crippen molar-refractivity contribution in [2.45, 2.75) is 33.1 Å². The predicted molar refractivity (Wildman–Crippen MR) is 59.4 cm³/mol. The number of aliphatic imine (C=N–C) groups is 2. The van der Waals surface area contributed by atoms with Gasteiger partial charge in [0.15, 0.2) is 6.29 Å². The quantitative estimate of drug-likeness (QED) is 0.683. The Morgan fingerprint density at radius 1 is 1.64 bits per heavy atom. The van der Waals surface area contributed by atoms with Crippen LogP contribution in [-0.4, -0.2) is 35.5 Å². The van der Waals surface area contributed by atoms with Gasteiger partial charge in [-0.2, -0.15) is 0 Å². The van der Waals surface area contributed by atoms with Crippen molar-refractivity contribution in [3.8, 4) is 0 Å². The summed E-state index contributed by atoms with van der Waals surface area (Å²) in [4.78, 5) is 8.08. The SMILES string of the molecule is CCNN1C(Cl)=NC=NC1NC(C)C. The summed E-state index contributed by atoms with van der Waals surface area (Å²) in [5.41, 5.74) is 3.08. The van der Waals surface area contributed by atoms with Crippen LogP contribution in [0.5, 0.6) is 0 Å². The monoisotopic (exact) mass is 217 g/mol. The van der Waals surface area contributed by atoms with Gasteiger partial charge in [-0.05, 0) is 25.4 Å². The molecule has 0 saturated carbocycles. The van der Waals surface area contributed by atoms with E-state index in [2.05, 4.69) is 34.6 Å². The summed E-state index contributed by atoms with van der Waals surface area (Å²) in [5, 5.41) is 5.36. The molecule has 0 amide bonds. The number of hydrogen-bond donors (Lipinski definition) is 2. The fraction of sp³-hybridized carbons (Fsp3) is 0.750. The van der Waals surface area contributed by atoms with Crippen LogP contribution in [0.1, 0.15) is 20.8 Å². The van der Waals surface area contributed by atoms with Crippen LogP contribution < -0.4 is 10.7 Å². The molecule has 0 aromatic heterocycles. The molecule has 0 bridgehead atoms. The predicted octanol–water partition coefficient (Wildman–Crippen LogP) is 0.731. The van der Waals surface area contributed by atoms with Crippen LogP contribution in [0.4, 0.5) is 0 Å². The van der Waals surface area contributed by atoms with Crippen LogP contribution in [0.25, 0.3) is 0 Å². The van der Waals surface area contributed by atoms with Gasteiger partial charge in [-0.1, -0.05) is 6.92 Å². The van der Waals surface area contributed by atoms with Crippen LogP contribution in [0.2, 0.25) is 0 Å². The highest BCUT2D eigenvalue weighted by Gasteiger charge is 2.21. The number of nitrogens with one attached hydrogen (secondary N) is 2. The van der Waals surface area contributed by atoms with E-state index in [1.807, 2.05) is 6.92 Å². The summed E-state index contributed by atoms with van der Waals surface area (Å²) in [7, 11) is 0. The van der Waals surface area contributed by atoms with Gasteiger partial charge in [0.25, 0.3) is 0 Å².